The zero-order valence-corrected chi connectivity index (χ0v) is 26.7. The van der Waals surface area contributed by atoms with Crippen LogP contribution in [0.3, 0.4) is 0 Å². The van der Waals surface area contributed by atoms with Crippen LogP contribution in [0.25, 0.3) is 11.1 Å². The lowest BCUT2D eigenvalue weighted by molar-refractivity contribution is -0.137. The number of carbonyl (C=O) groups is 2. The SMILES string of the molecule is CC(C)(Oc1cccc(C2CCCN(C(=O)c3cccc(-c4ccc(F)c(F)c4)c3)C2)c1)C(=O)NS(=O)(=O)c1ccc(C(F)(F)F)cc1. The Balaban J connectivity index is 1.25. The minimum Gasteiger partial charge on any atom is -0.478 e. The molecule has 0 radical (unpaired) electrons. The van der Waals surface area contributed by atoms with Crippen molar-refractivity contribution in [3.8, 4) is 16.9 Å². The molecular formula is C35H31F5N2O5S. The second-order valence-electron chi connectivity index (χ2n) is 11.9. The number of benzene rings is 4. The quantitative estimate of drug-likeness (QED) is 0.196. The summed E-state index contributed by atoms with van der Waals surface area (Å²) in [5.41, 5.74) is -0.508. The van der Waals surface area contributed by atoms with Gasteiger partial charge in [-0.15, -0.1) is 0 Å². The third kappa shape index (κ3) is 7.84. The molecule has 0 aliphatic carbocycles. The number of carbonyl (C=O) groups excluding carboxylic acids is 2. The number of rotatable bonds is 8. The molecule has 5 rings (SSSR count). The van der Waals surface area contributed by atoms with E-state index in [-0.39, 0.29) is 17.6 Å². The molecular weight excluding hydrogens is 655 g/mol. The van der Waals surface area contributed by atoms with Crippen molar-refractivity contribution in [2.24, 2.45) is 0 Å². The summed E-state index contributed by atoms with van der Waals surface area (Å²) in [4.78, 5) is 27.7. The fourth-order valence-electron chi connectivity index (χ4n) is 5.42. The maximum atomic E-state index is 13.8. The molecule has 2 amide bonds. The van der Waals surface area contributed by atoms with E-state index in [0.29, 0.717) is 48.3 Å². The molecule has 13 heteroatoms. The van der Waals surface area contributed by atoms with Gasteiger partial charge in [-0.05, 0) is 104 Å². The molecule has 0 bridgehead atoms. The largest absolute Gasteiger partial charge is 0.478 e. The number of likely N-dealkylation sites (tertiary alicyclic amines) is 1. The first-order valence-corrected chi connectivity index (χ1v) is 16.4. The number of piperidine rings is 1. The van der Waals surface area contributed by atoms with Crippen LogP contribution in [0.2, 0.25) is 0 Å². The van der Waals surface area contributed by atoms with E-state index in [0.717, 1.165) is 36.2 Å². The van der Waals surface area contributed by atoms with Crippen LogP contribution in [0.4, 0.5) is 22.0 Å². The number of hydrogen-bond acceptors (Lipinski definition) is 5. The second kappa shape index (κ2) is 13.4. The van der Waals surface area contributed by atoms with Crippen LogP contribution in [-0.2, 0) is 21.0 Å². The highest BCUT2D eigenvalue weighted by molar-refractivity contribution is 7.90. The fourth-order valence-corrected chi connectivity index (χ4v) is 6.53. The highest BCUT2D eigenvalue weighted by Gasteiger charge is 2.35. The van der Waals surface area contributed by atoms with Crippen molar-refractivity contribution in [1.82, 2.24) is 9.62 Å². The van der Waals surface area contributed by atoms with Crippen molar-refractivity contribution in [3.05, 3.63) is 119 Å². The smallest absolute Gasteiger partial charge is 0.416 e. The molecule has 1 unspecified atom stereocenters. The number of hydrogen-bond donors (Lipinski definition) is 1. The van der Waals surface area contributed by atoms with Gasteiger partial charge in [0.15, 0.2) is 17.2 Å². The van der Waals surface area contributed by atoms with Gasteiger partial charge in [0.1, 0.15) is 5.75 Å². The molecule has 0 aromatic heterocycles. The number of ether oxygens (including phenoxy) is 1. The molecule has 4 aromatic carbocycles. The van der Waals surface area contributed by atoms with Crippen molar-refractivity contribution in [2.75, 3.05) is 13.1 Å². The minimum absolute atomic E-state index is 0.0855. The van der Waals surface area contributed by atoms with Gasteiger partial charge in [0.2, 0.25) is 0 Å². The first kappa shape index (κ1) is 34.6. The minimum atomic E-state index is -4.65. The number of sulfonamides is 1. The predicted molar refractivity (Wildman–Crippen MR) is 168 cm³/mol. The average Bonchev–Trinajstić information content (AvgIpc) is 3.05. The van der Waals surface area contributed by atoms with Gasteiger partial charge < -0.3 is 9.64 Å². The van der Waals surface area contributed by atoms with Crippen LogP contribution in [0.5, 0.6) is 5.75 Å². The maximum Gasteiger partial charge on any atom is 0.416 e. The number of nitrogens with one attached hydrogen (secondary N) is 1. The Morgan fingerprint density at radius 2 is 1.54 bits per heavy atom. The Bertz CT molecular complexity index is 1950. The van der Waals surface area contributed by atoms with Crippen LogP contribution >= 0.6 is 0 Å². The number of amides is 2. The summed E-state index contributed by atoms with van der Waals surface area (Å²) in [7, 11) is -4.50. The Morgan fingerprint density at radius 1 is 0.854 bits per heavy atom. The molecule has 1 fully saturated rings. The Morgan fingerprint density at radius 3 is 2.23 bits per heavy atom. The van der Waals surface area contributed by atoms with E-state index in [9.17, 15) is 40.0 Å². The summed E-state index contributed by atoms with van der Waals surface area (Å²) >= 11 is 0. The zero-order valence-electron chi connectivity index (χ0n) is 25.9. The van der Waals surface area contributed by atoms with E-state index in [1.54, 1.807) is 47.4 Å². The molecule has 0 spiro atoms. The van der Waals surface area contributed by atoms with Gasteiger partial charge in [-0.25, -0.2) is 21.9 Å². The van der Waals surface area contributed by atoms with Gasteiger partial charge in [0.25, 0.3) is 21.8 Å². The van der Waals surface area contributed by atoms with Crippen LogP contribution in [0.1, 0.15) is 54.1 Å². The second-order valence-corrected chi connectivity index (χ2v) is 13.6. The lowest BCUT2D eigenvalue weighted by Crippen LogP contribution is -2.48. The van der Waals surface area contributed by atoms with E-state index in [4.69, 9.17) is 4.74 Å². The monoisotopic (exact) mass is 686 g/mol. The Hall–Kier alpha value is -4.78. The van der Waals surface area contributed by atoms with Crippen molar-refractivity contribution < 1.29 is 44.7 Å². The Labute approximate surface area is 274 Å². The van der Waals surface area contributed by atoms with Crippen molar-refractivity contribution >= 4 is 21.8 Å². The van der Waals surface area contributed by atoms with E-state index >= 15 is 0 Å². The van der Waals surface area contributed by atoms with E-state index < -0.39 is 49.8 Å². The Kier molecular flexibility index (Phi) is 9.63. The summed E-state index contributed by atoms with van der Waals surface area (Å²) in [5, 5.41) is 0. The molecule has 252 valence electrons. The van der Waals surface area contributed by atoms with Gasteiger partial charge in [-0.3, -0.25) is 9.59 Å². The molecule has 1 heterocycles. The third-order valence-electron chi connectivity index (χ3n) is 8.04. The topological polar surface area (TPSA) is 92.8 Å². The predicted octanol–water partition coefficient (Wildman–Crippen LogP) is 7.33. The van der Waals surface area contributed by atoms with Crippen LogP contribution in [0.15, 0.2) is 95.9 Å². The molecule has 1 saturated heterocycles. The lowest BCUT2D eigenvalue weighted by atomic mass is 9.90. The molecule has 0 saturated carbocycles. The molecule has 48 heavy (non-hydrogen) atoms. The molecule has 1 atom stereocenters. The number of halogens is 5. The third-order valence-corrected chi connectivity index (χ3v) is 9.39. The van der Waals surface area contributed by atoms with Crippen molar-refractivity contribution in [2.45, 2.75) is 49.3 Å². The van der Waals surface area contributed by atoms with E-state index in [2.05, 4.69) is 0 Å². The lowest BCUT2D eigenvalue weighted by Gasteiger charge is -2.33. The van der Waals surface area contributed by atoms with Gasteiger partial charge in [-0.1, -0.05) is 30.3 Å². The zero-order chi connectivity index (χ0) is 34.9. The summed E-state index contributed by atoms with van der Waals surface area (Å²) in [6.45, 7) is 3.61. The number of alkyl halides is 3. The van der Waals surface area contributed by atoms with Gasteiger partial charge in [0, 0.05) is 24.6 Å². The van der Waals surface area contributed by atoms with Crippen molar-refractivity contribution in [1.29, 1.82) is 0 Å². The molecule has 4 aromatic rings. The highest BCUT2D eigenvalue weighted by atomic mass is 32.2. The first-order chi connectivity index (χ1) is 22.5. The van der Waals surface area contributed by atoms with Gasteiger partial charge in [-0.2, -0.15) is 13.2 Å². The molecule has 7 nitrogen and oxygen atoms in total. The van der Waals surface area contributed by atoms with Crippen molar-refractivity contribution in [3.63, 3.8) is 0 Å². The summed E-state index contributed by atoms with van der Waals surface area (Å²) in [5.74, 6) is -3.02. The van der Waals surface area contributed by atoms with E-state index in [1.165, 1.54) is 19.9 Å². The van der Waals surface area contributed by atoms with Gasteiger partial charge in [0.05, 0.1) is 10.5 Å². The summed E-state index contributed by atoms with van der Waals surface area (Å²) < 4.78 is 99.1. The normalized spacial score (nSPS) is 15.6. The molecule has 1 aliphatic heterocycles. The van der Waals surface area contributed by atoms with Crippen LogP contribution < -0.4 is 9.46 Å². The molecule has 1 N–H and O–H groups in total. The first-order valence-electron chi connectivity index (χ1n) is 14.9. The average molecular weight is 687 g/mol. The van der Waals surface area contributed by atoms with E-state index in [1.807, 2.05) is 10.8 Å². The van der Waals surface area contributed by atoms with Crippen LogP contribution in [-0.4, -0.2) is 43.8 Å². The molecule has 1 aliphatic rings. The number of nitrogens with zero attached hydrogens (tertiary/aromatic N) is 1. The standard InChI is InChI=1S/C35H31F5N2O5S/c1-34(2,33(44)41-48(45,46)29-14-12-27(13-15-29)35(38,39)40)47-28-10-4-7-23(19-28)26-9-5-17-42(21-26)32(43)25-8-3-6-22(18-25)24-11-16-30(36)31(37)20-24/h3-4,6-8,10-16,18-20,26H,5,9,17,21H2,1-2H3,(H,41,44). The maximum absolute atomic E-state index is 13.8. The summed E-state index contributed by atoms with van der Waals surface area (Å²) in [6, 6.07) is 19.9. The highest BCUT2D eigenvalue weighted by Crippen LogP contribution is 2.32. The summed E-state index contributed by atoms with van der Waals surface area (Å²) in [6.07, 6.45) is -3.18. The van der Waals surface area contributed by atoms with Gasteiger partial charge >= 0.3 is 6.18 Å². The fraction of sp³-hybridized carbons (Fsp3) is 0.257. The van der Waals surface area contributed by atoms with Crippen LogP contribution in [0, 0.1) is 11.6 Å².